The average Bonchev–Trinajstić information content (AvgIpc) is 2.36. The second-order valence-corrected chi connectivity index (χ2v) is 4.10. The van der Waals surface area contributed by atoms with Crippen LogP contribution < -0.4 is 0 Å². The zero-order valence-corrected chi connectivity index (χ0v) is 10.4. The predicted octanol–water partition coefficient (Wildman–Crippen LogP) is 2.21. The second kappa shape index (κ2) is 5.43. The van der Waals surface area contributed by atoms with Gasteiger partial charge in [-0.2, -0.15) is 0 Å². The number of nitrogens with zero attached hydrogens (tertiary/aromatic N) is 1. The van der Waals surface area contributed by atoms with Crippen molar-refractivity contribution in [2.24, 2.45) is 0 Å². The van der Waals surface area contributed by atoms with E-state index in [1.807, 2.05) is 0 Å². The van der Waals surface area contributed by atoms with Gasteiger partial charge >= 0.3 is 0 Å². The molecule has 0 spiro atoms. The number of ether oxygens (including phenoxy) is 1. The van der Waals surface area contributed by atoms with E-state index in [2.05, 4.69) is 11.8 Å². The molecule has 0 N–H and O–H groups in total. The fraction of sp³-hybridized carbons (Fsp3) is 0.308. The lowest BCUT2D eigenvalue weighted by atomic mass is 10.1. The standard InChI is InChI=1S/C13H13NO4/c1-13(2,18-3)9-8-12(15)10-4-6-11(7-5-10)14(16)17/h4-7H,1-3H3. The number of carbonyl (C=O) groups excluding carboxylic acids is 1. The summed E-state index contributed by atoms with van der Waals surface area (Å²) in [6.07, 6.45) is 0. The van der Waals surface area contributed by atoms with Crippen molar-refractivity contribution in [3.05, 3.63) is 39.9 Å². The van der Waals surface area contributed by atoms with Crippen LogP contribution in [0.1, 0.15) is 24.2 Å². The summed E-state index contributed by atoms with van der Waals surface area (Å²) in [5.74, 6) is 4.75. The van der Waals surface area contributed by atoms with Crippen molar-refractivity contribution in [3.63, 3.8) is 0 Å². The van der Waals surface area contributed by atoms with Crippen LogP contribution in [0.2, 0.25) is 0 Å². The Morgan fingerprint density at radius 1 is 1.33 bits per heavy atom. The number of carbonyl (C=O) groups is 1. The average molecular weight is 247 g/mol. The summed E-state index contributed by atoms with van der Waals surface area (Å²) in [5.41, 5.74) is -0.437. The molecule has 0 unspecified atom stereocenters. The molecule has 0 aliphatic carbocycles. The van der Waals surface area contributed by atoms with Crippen molar-refractivity contribution in [2.75, 3.05) is 7.11 Å². The highest BCUT2D eigenvalue weighted by Crippen LogP contribution is 2.12. The highest BCUT2D eigenvalue weighted by Gasteiger charge is 2.12. The Bertz CT molecular complexity index is 520. The molecule has 0 fully saturated rings. The van der Waals surface area contributed by atoms with Crippen LogP contribution in [0.5, 0.6) is 0 Å². The minimum absolute atomic E-state index is 0.0586. The van der Waals surface area contributed by atoms with Crippen LogP contribution in [0.4, 0.5) is 5.69 Å². The molecule has 1 rings (SSSR count). The van der Waals surface area contributed by atoms with Gasteiger partial charge in [-0.25, -0.2) is 0 Å². The normalized spacial score (nSPS) is 10.4. The van der Waals surface area contributed by atoms with Crippen molar-refractivity contribution in [3.8, 4) is 11.8 Å². The van der Waals surface area contributed by atoms with Crippen LogP contribution in [0, 0.1) is 22.0 Å². The Balaban J connectivity index is 2.89. The maximum Gasteiger partial charge on any atom is 0.269 e. The quantitative estimate of drug-likeness (QED) is 0.270. The van der Waals surface area contributed by atoms with Crippen molar-refractivity contribution >= 4 is 11.5 Å². The minimum Gasteiger partial charge on any atom is -0.366 e. The summed E-state index contributed by atoms with van der Waals surface area (Å²) in [6, 6.07) is 5.32. The summed E-state index contributed by atoms with van der Waals surface area (Å²) in [5, 5.41) is 10.5. The molecule has 5 heteroatoms. The second-order valence-electron chi connectivity index (χ2n) is 4.10. The van der Waals surface area contributed by atoms with E-state index >= 15 is 0 Å². The molecule has 0 aliphatic heterocycles. The SMILES string of the molecule is COC(C)(C)C#CC(=O)c1ccc([N+](=O)[O-])cc1. The number of nitro groups is 1. The molecule has 0 atom stereocenters. The molecule has 5 nitrogen and oxygen atoms in total. The van der Waals surface area contributed by atoms with Gasteiger partial charge in [0, 0.05) is 24.8 Å². The van der Waals surface area contributed by atoms with E-state index < -0.39 is 16.3 Å². The highest BCUT2D eigenvalue weighted by atomic mass is 16.6. The lowest BCUT2D eigenvalue weighted by molar-refractivity contribution is -0.384. The number of rotatable bonds is 3. The Morgan fingerprint density at radius 2 is 1.89 bits per heavy atom. The number of Topliss-reactive ketones (excluding diaryl/α,β-unsaturated/α-hetero) is 1. The molecule has 0 aromatic heterocycles. The van der Waals surface area contributed by atoms with E-state index in [0.717, 1.165) is 0 Å². The Hall–Kier alpha value is -2.19. The lowest BCUT2D eigenvalue weighted by Gasteiger charge is -2.13. The zero-order valence-electron chi connectivity index (χ0n) is 10.4. The third kappa shape index (κ3) is 3.68. The van der Waals surface area contributed by atoms with Gasteiger partial charge in [0.05, 0.1) is 4.92 Å². The molecule has 0 bridgehead atoms. The molecule has 94 valence electrons. The van der Waals surface area contributed by atoms with Crippen molar-refractivity contribution < 1.29 is 14.5 Å². The number of ketones is 1. The molecule has 0 heterocycles. The predicted molar refractivity (Wildman–Crippen MR) is 66.3 cm³/mol. The monoisotopic (exact) mass is 247 g/mol. The van der Waals surface area contributed by atoms with Gasteiger partial charge in [0.2, 0.25) is 5.78 Å². The van der Waals surface area contributed by atoms with Crippen LogP contribution in [-0.4, -0.2) is 23.4 Å². The van der Waals surface area contributed by atoms with Crippen LogP contribution in [-0.2, 0) is 4.74 Å². The fourth-order valence-electron chi connectivity index (χ4n) is 1.07. The Morgan fingerprint density at radius 3 is 2.33 bits per heavy atom. The first-order valence-corrected chi connectivity index (χ1v) is 5.23. The smallest absolute Gasteiger partial charge is 0.269 e. The molecule has 0 saturated carbocycles. The molecule has 0 saturated heterocycles. The molecule has 0 amide bonds. The third-order valence-electron chi connectivity index (χ3n) is 2.33. The number of benzene rings is 1. The van der Waals surface area contributed by atoms with E-state index in [9.17, 15) is 14.9 Å². The summed E-state index contributed by atoms with van der Waals surface area (Å²) in [4.78, 5) is 21.6. The van der Waals surface area contributed by atoms with Crippen molar-refractivity contribution in [1.29, 1.82) is 0 Å². The van der Waals surface area contributed by atoms with E-state index in [-0.39, 0.29) is 5.69 Å². The molecular formula is C13H13NO4. The minimum atomic E-state index is -0.698. The maximum absolute atomic E-state index is 11.7. The van der Waals surface area contributed by atoms with Gasteiger partial charge in [-0.15, -0.1) is 0 Å². The Labute approximate surface area is 105 Å². The topological polar surface area (TPSA) is 69.4 Å². The van der Waals surface area contributed by atoms with Gasteiger partial charge in [-0.05, 0) is 31.9 Å². The van der Waals surface area contributed by atoms with Gasteiger partial charge in [0.1, 0.15) is 5.60 Å². The first-order chi connectivity index (χ1) is 8.35. The summed E-state index contributed by atoms with van der Waals surface area (Å²) < 4.78 is 5.06. The summed E-state index contributed by atoms with van der Waals surface area (Å²) >= 11 is 0. The molecule has 1 aromatic rings. The number of methoxy groups -OCH3 is 1. The van der Waals surface area contributed by atoms with Crippen LogP contribution >= 0.6 is 0 Å². The Kier molecular flexibility index (Phi) is 4.18. The van der Waals surface area contributed by atoms with E-state index in [1.165, 1.54) is 31.4 Å². The van der Waals surface area contributed by atoms with Gasteiger partial charge in [0.15, 0.2) is 0 Å². The zero-order chi connectivity index (χ0) is 13.8. The van der Waals surface area contributed by atoms with Gasteiger partial charge in [-0.1, -0.05) is 5.92 Å². The van der Waals surface area contributed by atoms with Crippen LogP contribution in [0.25, 0.3) is 0 Å². The molecular weight excluding hydrogens is 234 g/mol. The van der Waals surface area contributed by atoms with Gasteiger partial charge in [-0.3, -0.25) is 14.9 Å². The number of nitro benzene ring substituents is 1. The molecule has 0 aliphatic rings. The molecule has 1 aromatic carbocycles. The number of non-ortho nitro benzene ring substituents is 1. The van der Waals surface area contributed by atoms with E-state index in [0.29, 0.717) is 5.56 Å². The highest BCUT2D eigenvalue weighted by molar-refractivity contribution is 6.09. The maximum atomic E-state index is 11.7. The van der Waals surface area contributed by atoms with Crippen molar-refractivity contribution in [2.45, 2.75) is 19.4 Å². The largest absolute Gasteiger partial charge is 0.366 e. The van der Waals surface area contributed by atoms with Crippen LogP contribution in [0.3, 0.4) is 0 Å². The first-order valence-electron chi connectivity index (χ1n) is 5.23. The number of hydrogen-bond donors (Lipinski definition) is 0. The summed E-state index contributed by atoms with van der Waals surface area (Å²) in [6.45, 7) is 3.48. The third-order valence-corrected chi connectivity index (χ3v) is 2.33. The van der Waals surface area contributed by atoms with Gasteiger partial charge < -0.3 is 4.74 Å². The van der Waals surface area contributed by atoms with Crippen LogP contribution in [0.15, 0.2) is 24.3 Å². The van der Waals surface area contributed by atoms with E-state index in [4.69, 9.17) is 4.74 Å². The van der Waals surface area contributed by atoms with Gasteiger partial charge in [0.25, 0.3) is 5.69 Å². The number of hydrogen-bond acceptors (Lipinski definition) is 4. The summed E-state index contributed by atoms with van der Waals surface area (Å²) in [7, 11) is 1.50. The first kappa shape index (κ1) is 13.9. The van der Waals surface area contributed by atoms with E-state index in [1.54, 1.807) is 13.8 Å². The molecule has 0 radical (unpaired) electrons. The fourth-order valence-corrected chi connectivity index (χ4v) is 1.07. The van der Waals surface area contributed by atoms with Crippen molar-refractivity contribution in [1.82, 2.24) is 0 Å². The lowest BCUT2D eigenvalue weighted by Crippen LogP contribution is -2.19. The molecule has 18 heavy (non-hydrogen) atoms.